The molecule has 2 rings (SSSR count). The van der Waals surface area contributed by atoms with Crippen LogP contribution in [0.3, 0.4) is 0 Å². The van der Waals surface area contributed by atoms with Crippen molar-refractivity contribution in [3.63, 3.8) is 0 Å². The number of hydrogen-bond acceptors (Lipinski definition) is 4. The Morgan fingerprint density at radius 1 is 1.48 bits per heavy atom. The molecule has 0 aliphatic carbocycles. The Morgan fingerprint density at radius 2 is 2.14 bits per heavy atom. The molecule has 21 heavy (non-hydrogen) atoms. The van der Waals surface area contributed by atoms with E-state index in [0.29, 0.717) is 17.1 Å². The van der Waals surface area contributed by atoms with Gasteiger partial charge >= 0.3 is 0 Å². The number of halogens is 1. The molecule has 1 aromatic carbocycles. The first-order chi connectivity index (χ1) is 9.99. The van der Waals surface area contributed by atoms with E-state index in [-0.39, 0.29) is 17.6 Å². The summed E-state index contributed by atoms with van der Waals surface area (Å²) >= 11 is 6.03. The van der Waals surface area contributed by atoms with Crippen LogP contribution in [0, 0.1) is 10.1 Å². The molecule has 1 heterocycles. The number of rotatable bonds is 5. The number of carbonyl (C=O) groups excluding carboxylic acids is 1. The minimum absolute atomic E-state index is 0.00489. The van der Waals surface area contributed by atoms with E-state index in [2.05, 4.69) is 5.32 Å². The van der Waals surface area contributed by atoms with E-state index in [4.69, 9.17) is 11.6 Å². The Morgan fingerprint density at radius 3 is 2.76 bits per heavy atom. The number of nitro benzene ring substituents is 1. The summed E-state index contributed by atoms with van der Waals surface area (Å²) in [5.74, 6) is 0.0639. The van der Waals surface area contributed by atoms with Crippen LogP contribution in [0.15, 0.2) is 18.2 Å². The molecular weight excluding hydrogens is 294 g/mol. The SMILES string of the molecule is CC(NCc1cc([N+](=O)[O-])ccc1Cl)C(=O)N1CCCC1. The van der Waals surface area contributed by atoms with Crippen LogP contribution in [0.5, 0.6) is 0 Å². The van der Waals surface area contributed by atoms with Gasteiger partial charge in [0.25, 0.3) is 5.69 Å². The lowest BCUT2D eigenvalue weighted by atomic mass is 10.2. The minimum Gasteiger partial charge on any atom is -0.341 e. The van der Waals surface area contributed by atoms with Gasteiger partial charge in [0.15, 0.2) is 0 Å². The Hall–Kier alpha value is -1.66. The van der Waals surface area contributed by atoms with Gasteiger partial charge < -0.3 is 10.2 Å². The fraction of sp³-hybridized carbons (Fsp3) is 0.500. The van der Waals surface area contributed by atoms with Crippen molar-refractivity contribution in [3.05, 3.63) is 38.9 Å². The molecule has 0 bridgehead atoms. The van der Waals surface area contributed by atoms with E-state index in [9.17, 15) is 14.9 Å². The maximum Gasteiger partial charge on any atom is 0.269 e. The molecule has 0 aromatic heterocycles. The van der Waals surface area contributed by atoms with Crippen molar-refractivity contribution in [2.75, 3.05) is 13.1 Å². The molecule has 1 unspecified atom stereocenters. The van der Waals surface area contributed by atoms with Crippen LogP contribution >= 0.6 is 11.6 Å². The van der Waals surface area contributed by atoms with E-state index in [1.54, 1.807) is 6.92 Å². The van der Waals surface area contributed by atoms with Gasteiger partial charge in [-0.05, 0) is 31.4 Å². The van der Waals surface area contributed by atoms with Gasteiger partial charge in [-0.1, -0.05) is 11.6 Å². The van der Waals surface area contributed by atoms with Crippen LogP contribution in [-0.4, -0.2) is 34.9 Å². The first-order valence-electron chi connectivity index (χ1n) is 6.94. The zero-order valence-electron chi connectivity index (χ0n) is 11.8. The molecule has 0 spiro atoms. The Labute approximate surface area is 128 Å². The Bertz CT molecular complexity index is 544. The summed E-state index contributed by atoms with van der Waals surface area (Å²) in [7, 11) is 0. The fourth-order valence-electron chi connectivity index (χ4n) is 2.37. The third kappa shape index (κ3) is 3.92. The molecule has 1 saturated heterocycles. The molecule has 0 saturated carbocycles. The monoisotopic (exact) mass is 311 g/mol. The van der Waals surface area contributed by atoms with Gasteiger partial charge in [-0.25, -0.2) is 0 Å². The molecule has 1 aliphatic heterocycles. The van der Waals surface area contributed by atoms with Crippen LogP contribution in [0.4, 0.5) is 5.69 Å². The van der Waals surface area contributed by atoms with Crippen molar-refractivity contribution in [1.82, 2.24) is 10.2 Å². The average Bonchev–Trinajstić information content (AvgIpc) is 2.99. The minimum atomic E-state index is -0.460. The summed E-state index contributed by atoms with van der Waals surface area (Å²) in [6, 6.07) is 3.97. The van der Waals surface area contributed by atoms with Gasteiger partial charge in [0.1, 0.15) is 0 Å². The number of benzene rings is 1. The second-order valence-electron chi connectivity index (χ2n) is 5.17. The molecule has 1 aromatic rings. The summed E-state index contributed by atoms with van der Waals surface area (Å²) in [6.45, 7) is 3.73. The third-order valence-corrected chi connectivity index (χ3v) is 4.00. The van der Waals surface area contributed by atoms with E-state index in [0.717, 1.165) is 25.9 Å². The van der Waals surface area contributed by atoms with Crippen molar-refractivity contribution in [1.29, 1.82) is 0 Å². The lowest BCUT2D eigenvalue weighted by Crippen LogP contribution is -2.43. The Balaban J connectivity index is 1.97. The number of non-ortho nitro benzene ring substituents is 1. The lowest BCUT2D eigenvalue weighted by molar-refractivity contribution is -0.384. The van der Waals surface area contributed by atoms with Gasteiger partial charge in [0, 0.05) is 36.8 Å². The number of nitrogens with one attached hydrogen (secondary N) is 1. The summed E-state index contributed by atoms with van der Waals surface area (Å²) in [6.07, 6.45) is 2.10. The first-order valence-corrected chi connectivity index (χ1v) is 7.32. The highest BCUT2D eigenvalue weighted by molar-refractivity contribution is 6.31. The van der Waals surface area contributed by atoms with Crippen molar-refractivity contribution in [3.8, 4) is 0 Å². The largest absolute Gasteiger partial charge is 0.341 e. The molecule has 6 nitrogen and oxygen atoms in total. The molecule has 0 radical (unpaired) electrons. The van der Waals surface area contributed by atoms with E-state index in [1.165, 1.54) is 18.2 Å². The summed E-state index contributed by atoms with van der Waals surface area (Å²) in [5, 5.41) is 14.3. The third-order valence-electron chi connectivity index (χ3n) is 3.63. The second kappa shape index (κ2) is 6.87. The molecule has 114 valence electrons. The first kappa shape index (κ1) is 15.7. The van der Waals surface area contributed by atoms with Gasteiger partial charge in [0.05, 0.1) is 11.0 Å². The maximum atomic E-state index is 12.1. The van der Waals surface area contributed by atoms with Crippen molar-refractivity contribution >= 4 is 23.2 Å². The van der Waals surface area contributed by atoms with Crippen LogP contribution in [0.25, 0.3) is 0 Å². The molecule has 1 N–H and O–H groups in total. The molecule has 7 heteroatoms. The second-order valence-corrected chi connectivity index (χ2v) is 5.58. The standard InChI is InChI=1S/C14H18ClN3O3/c1-10(14(19)17-6-2-3-7-17)16-9-11-8-12(18(20)21)4-5-13(11)15/h4-5,8,10,16H,2-3,6-7,9H2,1H3. The number of nitrogens with zero attached hydrogens (tertiary/aromatic N) is 2. The van der Waals surface area contributed by atoms with Gasteiger partial charge in [-0.2, -0.15) is 0 Å². The van der Waals surface area contributed by atoms with E-state index in [1.807, 2.05) is 4.90 Å². The highest BCUT2D eigenvalue weighted by atomic mass is 35.5. The highest BCUT2D eigenvalue weighted by Crippen LogP contribution is 2.22. The Kier molecular flexibility index (Phi) is 5.14. The molecule has 1 atom stereocenters. The van der Waals surface area contributed by atoms with Gasteiger partial charge in [-0.3, -0.25) is 14.9 Å². The molecule has 1 aliphatic rings. The number of likely N-dealkylation sites (tertiary alicyclic amines) is 1. The van der Waals surface area contributed by atoms with Crippen LogP contribution in [-0.2, 0) is 11.3 Å². The predicted octanol–water partition coefficient (Wildman–Crippen LogP) is 2.35. The highest BCUT2D eigenvalue weighted by Gasteiger charge is 2.23. The summed E-state index contributed by atoms with van der Waals surface area (Å²) in [5.41, 5.74) is 0.613. The quantitative estimate of drug-likeness (QED) is 0.669. The topological polar surface area (TPSA) is 75.5 Å². The van der Waals surface area contributed by atoms with Crippen molar-refractivity contribution < 1.29 is 9.72 Å². The predicted molar refractivity (Wildman–Crippen MR) is 80.2 cm³/mol. The lowest BCUT2D eigenvalue weighted by Gasteiger charge is -2.21. The smallest absolute Gasteiger partial charge is 0.269 e. The van der Waals surface area contributed by atoms with Crippen LogP contribution in [0.1, 0.15) is 25.3 Å². The number of amides is 1. The number of carbonyl (C=O) groups is 1. The van der Waals surface area contributed by atoms with Crippen LogP contribution < -0.4 is 5.32 Å². The summed E-state index contributed by atoms with van der Waals surface area (Å²) in [4.78, 5) is 24.3. The molecular formula is C14H18ClN3O3. The van der Waals surface area contributed by atoms with E-state index >= 15 is 0 Å². The zero-order valence-corrected chi connectivity index (χ0v) is 12.6. The normalized spacial score (nSPS) is 16.0. The van der Waals surface area contributed by atoms with Gasteiger partial charge in [-0.15, -0.1) is 0 Å². The number of hydrogen-bond donors (Lipinski definition) is 1. The fourth-order valence-corrected chi connectivity index (χ4v) is 2.56. The van der Waals surface area contributed by atoms with Crippen molar-refractivity contribution in [2.45, 2.75) is 32.4 Å². The molecule has 1 amide bonds. The van der Waals surface area contributed by atoms with Crippen molar-refractivity contribution in [2.24, 2.45) is 0 Å². The van der Waals surface area contributed by atoms with E-state index < -0.39 is 4.92 Å². The summed E-state index contributed by atoms with van der Waals surface area (Å²) < 4.78 is 0. The zero-order chi connectivity index (χ0) is 15.4. The number of nitro groups is 1. The maximum absolute atomic E-state index is 12.1. The average molecular weight is 312 g/mol. The molecule has 1 fully saturated rings. The van der Waals surface area contributed by atoms with Crippen LogP contribution in [0.2, 0.25) is 5.02 Å². The van der Waals surface area contributed by atoms with Gasteiger partial charge in [0.2, 0.25) is 5.91 Å².